The second-order valence-electron chi connectivity index (χ2n) is 10.9. The molecule has 2 amide bonds. The zero-order chi connectivity index (χ0) is 29.2. The lowest BCUT2D eigenvalue weighted by Gasteiger charge is -2.29. The number of hydrogen-bond acceptors (Lipinski definition) is 4. The van der Waals surface area contributed by atoms with Crippen LogP contribution in [0.1, 0.15) is 53.6 Å². The highest BCUT2D eigenvalue weighted by atomic mass is 35.5. The highest BCUT2D eigenvalue weighted by Crippen LogP contribution is 2.24. The molecule has 3 atom stereocenters. The number of carbonyl (C=O) groups is 2. The zero-order valence-corrected chi connectivity index (χ0v) is 25.4. The Hall–Kier alpha value is -2.90. The molecule has 0 bridgehead atoms. The van der Waals surface area contributed by atoms with Crippen LogP contribution in [0.5, 0.6) is 0 Å². The monoisotopic (exact) mass is 594 g/mol. The van der Waals surface area contributed by atoms with Crippen molar-refractivity contribution in [2.24, 2.45) is 0 Å². The van der Waals surface area contributed by atoms with Crippen LogP contribution in [-0.2, 0) is 11.3 Å². The lowest BCUT2D eigenvalue weighted by atomic mass is 9.95. The van der Waals surface area contributed by atoms with E-state index in [4.69, 9.17) is 23.2 Å². The summed E-state index contributed by atoms with van der Waals surface area (Å²) >= 11 is 12.1. The molecule has 0 aliphatic carbocycles. The van der Waals surface area contributed by atoms with Gasteiger partial charge in [0.25, 0.3) is 5.91 Å². The van der Waals surface area contributed by atoms with Gasteiger partial charge in [-0.1, -0.05) is 90.8 Å². The molecule has 0 aromatic heterocycles. The maximum atomic E-state index is 13.9. The summed E-state index contributed by atoms with van der Waals surface area (Å²) < 4.78 is 0. The summed E-state index contributed by atoms with van der Waals surface area (Å²) in [7, 11) is 2.09. The van der Waals surface area contributed by atoms with Crippen molar-refractivity contribution >= 4 is 35.0 Å². The van der Waals surface area contributed by atoms with E-state index in [-0.39, 0.29) is 29.8 Å². The topological polar surface area (TPSA) is 64.7 Å². The molecule has 41 heavy (non-hydrogen) atoms. The average Bonchev–Trinajstić information content (AvgIpc) is 3.13. The van der Waals surface area contributed by atoms with Crippen LogP contribution in [0.2, 0.25) is 10.0 Å². The van der Waals surface area contributed by atoms with Crippen LogP contribution in [0.15, 0.2) is 78.9 Å². The standard InChI is InChI=1S/C33H40Cl2N4O2/c1-3-25(26-12-8-5-9-13-26)23-39-19-16-28(21-36-32(40)27-14-15-29(34)30(35)20-27)37-31(33(39)41)17-18-38(2)22-24-10-6-4-7-11-24/h4-15,20,25,28,31,37H,3,16-19,21-23H2,1-2H3,(H,36,40)/t25-,28-,31-/m1/s1. The van der Waals surface area contributed by atoms with Gasteiger partial charge in [0.1, 0.15) is 0 Å². The Kier molecular flexibility index (Phi) is 11.6. The molecule has 0 radical (unpaired) electrons. The van der Waals surface area contributed by atoms with E-state index in [9.17, 15) is 9.59 Å². The predicted molar refractivity (Wildman–Crippen MR) is 168 cm³/mol. The van der Waals surface area contributed by atoms with Gasteiger partial charge < -0.3 is 20.4 Å². The third kappa shape index (κ3) is 9.04. The van der Waals surface area contributed by atoms with E-state index in [1.54, 1.807) is 18.2 Å². The van der Waals surface area contributed by atoms with E-state index in [2.05, 4.69) is 65.9 Å². The Morgan fingerprint density at radius 1 is 1.05 bits per heavy atom. The number of carbonyl (C=O) groups excluding carboxylic acids is 2. The van der Waals surface area contributed by atoms with Gasteiger partial charge in [0.2, 0.25) is 5.91 Å². The lowest BCUT2D eigenvalue weighted by Crippen LogP contribution is -2.50. The highest BCUT2D eigenvalue weighted by Gasteiger charge is 2.32. The molecule has 1 aliphatic rings. The molecule has 2 N–H and O–H groups in total. The Labute approximate surface area is 254 Å². The van der Waals surface area contributed by atoms with Crippen LogP contribution < -0.4 is 10.6 Å². The molecule has 1 heterocycles. The smallest absolute Gasteiger partial charge is 0.251 e. The van der Waals surface area contributed by atoms with Crippen LogP contribution in [0, 0.1) is 0 Å². The number of nitrogens with one attached hydrogen (secondary N) is 2. The van der Waals surface area contributed by atoms with Crippen molar-refractivity contribution in [2.75, 3.05) is 33.2 Å². The third-order valence-electron chi connectivity index (χ3n) is 7.78. The van der Waals surface area contributed by atoms with Crippen molar-refractivity contribution < 1.29 is 9.59 Å². The summed E-state index contributed by atoms with van der Waals surface area (Å²) in [6, 6.07) is 25.3. The minimum atomic E-state index is -0.337. The third-order valence-corrected chi connectivity index (χ3v) is 8.52. The second kappa shape index (κ2) is 15.4. The first-order chi connectivity index (χ1) is 19.8. The van der Waals surface area contributed by atoms with E-state index in [1.165, 1.54) is 11.1 Å². The van der Waals surface area contributed by atoms with Gasteiger partial charge in [-0.05, 0) is 55.6 Å². The minimum Gasteiger partial charge on any atom is -0.350 e. The predicted octanol–water partition coefficient (Wildman–Crippen LogP) is 6.00. The van der Waals surface area contributed by atoms with Crippen LogP contribution in [0.25, 0.3) is 0 Å². The van der Waals surface area contributed by atoms with Crippen molar-refractivity contribution in [1.29, 1.82) is 0 Å². The summed E-state index contributed by atoms with van der Waals surface area (Å²) in [6.45, 7) is 5.49. The molecule has 3 aromatic carbocycles. The molecule has 1 fully saturated rings. The molecule has 1 aliphatic heterocycles. The fourth-order valence-corrected chi connectivity index (χ4v) is 5.67. The van der Waals surface area contributed by atoms with Crippen LogP contribution in [0.3, 0.4) is 0 Å². The minimum absolute atomic E-state index is 0.0445. The fraction of sp³-hybridized carbons (Fsp3) is 0.394. The van der Waals surface area contributed by atoms with Gasteiger partial charge in [0.15, 0.2) is 0 Å². The van der Waals surface area contributed by atoms with E-state index in [0.717, 1.165) is 25.9 Å². The summed E-state index contributed by atoms with van der Waals surface area (Å²) in [4.78, 5) is 31.0. The maximum absolute atomic E-state index is 13.9. The summed E-state index contributed by atoms with van der Waals surface area (Å²) in [5, 5.41) is 7.37. The molecule has 1 saturated heterocycles. The molecular weight excluding hydrogens is 555 g/mol. The first kappa shape index (κ1) is 31.0. The second-order valence-corrected chi connectivity index (χ2v) is 11.7. The summed E-state index contributed by atoms with van der Waals surface area (Å²) in [6.07, 6.45) is 2.38. The lowest BCUT2D eigenvalue weighted by molar-refractivity contribution is -0.133. The van der Waals surface area contributed by atoms with Gasteiger partial charge in [-0.25, -0.2) is 0 Å². The fourth-order valence-electron chi connectivity index (χ4n) is 5.37. The summed E-state index contributed by atoms with van der Waals surface area (Å²) in [5.41, 5.74) is 2.95. The molecular formula is C33H40Cl2N4O2. The number of hydrogen-bond donors (Lipinski definition) is 2. The molecule has 3 aromatic rings. The van der Waals surface area contributed by atoms with Crippen LogP contribution in [-0.4, -0.2) is 66.9 Å². The first-order valence-electron chi connectivity index (χ1n) is 14.4. The Morgan fingerprint density at radius 3 is 2.44 bits per heavy atom. The highest BCUT2D eigenvalue weighted by molar-refractivity contribution is 6.42. The van der Waals surface area contributed by atoms with E-state index in [0.29, 0.717) is 41.7 Å². The maximum Gasteiger partial charge on any atom is 0.251 e. The molecule has 4 rings (SSSR count). The van der Waals surface area contributed by atoms with Gasteiger partial charge in [0.05, 0.1) is 16.1 Å². The van der Waals surface area contributed by atoms with Gasteiger partial charge in [-0.3, -0.25) is 9.59 Å². The Morgan fingerprint density at radius 2 is 1.76 bits per heavy atom. The summed E-state index contributed by atoms with van der Waals surface area (Å²) in [5.74, 6) is 0.185. The number of benzene rings is 3. The quantitative estimate of drug-likeness (QED) is 0.270. The van der Waals surface area contributed by atoms with Crippen molar-refractivity contribution in [3.8, 4) is 0 Å². The van der Waals surface area contributed by atoms with Crippen LogP contribution >= 0.6 is 23.2 Å². The molecule has 6 nitrogen and oxygen atoms in total. The first-order valence-corrected chi connectivity index (χ1v) is 15.1. The normalized spacial score (nSPS) is 18.3. The van der Waals surface area contributed by atoms with Gasteiger partial charge in [-0.15, -0.1) is 0 Å². The Balaban J connectivity index is 1.44. The number of rotatable bonds is 12. The molecule has 0 spiro atoms. The van der Waals surface area contributed by atoms with Crippen molar-refractivity contribution in [1.82, 2.24) is 20.4 Å². The van der Waals surface area contributed by atoms with Crippen molar-refractivity contribution in [2.45, 2.75) is 50.7 Å². The van der Waals surface area contributed by atoms with Gasteiger partial charge >= 0.3 is 0 Å². The van der Waals surface area contributed by atoms with E-state index >= 15 is 0 Å². The SMILES string of the molecule is CC[C@H](CN1CC[C@H](CNC(=O)c2ccc(Cl)c(Cl)c2)N[C@H](CCN(C)Cc2ccccc2)C1=O)c1ccccc1. The molecule has 0 saturated carbocycles. The molecule has 218 valence electrons. The van der Waals surface area contributed by atoms with E-state index in [1.807, 2.05) is 29.2 Å². The van der Waals surface area contributed by atoms with Crippen LogP contribution in [0.4, 0.5) is 0 Å². The number of halogens is 2. The van der Waals surface area contributed by atoms with Gasteiger partial charge in [-0.2, -0.15) is 0 Å². The van der Waals surface area contributed by atoms with Crippen molar-refractivity contribution in [3.63, 3.8) is 0 Å². The van der Waals surface area contributed by atoms with E-state index < -0.39 is 0 Å². The number of nitrogens with zero attached hydrogens (tertiary/aromatic N) is 2. The Bertz CT molecular complexity index is 1270. The van der Waals surface area contributed by atoms with Gasteiger partial charge in [0, 0.05) is 50.2 Å². The molecule has 8 heteroatoms. The van der Waals surface area contributed by atoms with Crippen molar-refractivity contribution in [3.05, 3.63) is 106 Å². The zero-order valence-electron chi connectivity index (χ0n) is 23.9. The number of amides is 2. The largest absolute Gasteiger partial charge is 0.350 e. The average molecular weight is 596 g/mol. The molecule has 0 unspecified atom stereocenters.